The molecule has 0 saturated heterocycles. The van der Waals surface area contributed by atoms with Gasteiger partial charge in [0.05, 0.1) is 35.9 Å². The van der Waals surface area contributed by atoms with E-state index >= 15 is 0 Å². The van der Waals surface area contributed by atoms with Crippen molar-refractivity contribution >= 4 is 54.6 Å². The third-order valence-corrected chi connectivity index (χ3v) is 6.53. The first-order chi connectivity index (χ1) is 14.7. The number of hydrogen-bond acceptors (Lipinski definition) is 8. The molecule has 0 fully saturated rings. The lowest BCUT2D eigenvalue weighted by Gasteiger charge is -2.08. The Balaban J connectivity index is 1.46. The van der Waals surface area contributed by atoms with Gasteiger partial charge in [0.25, 0.3) is 5.91 Å². The van der Waals surface area contributed by atoms with Gasteiger partial charge in [-0.15, -0.1) is 0 Å². The molecule has 3 aromatic heterocycles. The molecular weight excluding hydrogens is 438 g/mol. The number of benzene rings is 1. The van der Waals surface area contributed by atoms with E-state index in [1.807, 2.05) is 26.0 Å². The fraction of sp³-hybridized carbons (Fsp3) is 0.263. The second-order valence-corrected chi connectivity index (χ2v) is 10.5. The molecule has 0 unspecified atom stereocenters. The highest BCUT2D eigenvalue weighted by atomic mass is 32.2. The molecule has 0 bridgehead atoms. The van der Waals surface area contributed by atoms with Gasteiger partial charge < -0.3 is 10.6 Å². The molecule has 1 aromatic carbocycles. The molecule has 0 saturated carbocycles. The van der Waals surface area contributed by atoms with E-state index in [1.165, 1.54) is 23.8 Å². The van der Waals surface area contributed by atoms with Gasteiger partial charge in [-0.3, -0.25) is 14.6 Å². The number of aromatic nitrogens is 5. The average molecular weight is 460 g/mol. The van der Waals surface area contributed by atoms with Gasteiger partial charge in [-0.05, 0) is 25.5 Å². The fourth-order valence-corrected chi connectivity index (χ4v) is 4.29. The van der Waals surface area contributed by atoms with Crippen LogP contribution in [0.25, 0.3) is 10.9 Å². The van der Waals surface area contributed by atoms with Crippen LogP contribution in [0.3, 0.4) is 0 Å². The summed E-state index contributed by atoms with van der Waals surface area (Å²) in [6.07, 6.45) is 4.38. The number of nitrogens with one attached hydrogen (secondary N) is 3. The largest absolute Gasteiger partial charge is 0.320 e. The van der Waals surface area contributed by atoms with Crippen LogP contribution in [-0.4, -0.2) is 51.3 Å². The van der Waals surface area contributed by atoms with Crippen molar-refractivity contribution in [2.75, 3.05) is 22.6 Å². The van der Waals surface area contributed by atoms with Crippen molar-refractivity contribution in [3.05, 3.63) is 46.7 Å². The highest BCUT2D eigenvalue weighted by molar-refractivity contribution is 7.90. The molecule has 0 aliphatic heterocycles. The summed E-state index contributed by atoms with van der Waals surface area (Å²) < 4.78 is 24.4. The molecule has 10 nitrogen and oxygen atoms in total. The van der Waals surface area contributed by atoms with Crippen LogP contribution >= 0.6 is 11.3 Å². The highest BCUT2D eigenvalue weighted by Crippen LogP contribution is 2.28. The van der Waals surface area contributed by atoms with Crippen LogP contribution in [0.1, 0.15) is 20.9 Å². The number of H-pyrrole nitrogens is 1. The summed E-state index contributed by atoms with van der Waals surface area (Å²) in [5, 5.41) is 18.7. The van der Waals surface area contributed by atoms with Crippen LogP contribution in [0, 0.1) is 13.8 Å². The number of thiazole rings is 1. The molecular formula is C19H21N7O3S2. The first-order valence-corrected chi connectivity index (χ1v) is 12.3. The standard InChI is InChI=1S/C19H21N7O3S2/c1-11-4-5-14-13(9-21-24-14)17(11)23-18(27)15-10-20-19(30-15)22-16-8-12(2)26(25-16)6-7-31(3,28)29/h4-5,8-10H,6-7H2,1-3H3,(H,21,24)(H,23,27)(H,20,22,25). The number of fused-ring (bicyclic) bond motifs is 1. The zero-order chi connectivity index (χ0) is 22.2. The summed E-state index contributed by atoms with van der Waals surface area (Å²) in [4.78, 5) is 17.5. The zero-order valence-corrected chi connectivity index (χ0v) is 18.8. The molecule has 12 heteroatoms. The lowest BCUT2D eigenvalue weighted by atomic mass is 10.1. The minimum Gasteiger partial charge on any atom is -0.320 e. The Morgan fingerprint density at radius 1 is 1.26 bits per heavy atom. The topological polar surface area (TPSA) is 135 Å². The predicted octanol–water partition coefficient (Wildman–Crippen LogP) is 2.87. The Bertz CT molecular complexity index is 1370. The molecule has 0 aliphatic carbocycles. The number of sulfone groups is 1. The minimum atomic E-state index is -3.08. The number of aromatic amines is 1. The molecule has 162 valence electrons. The van der Waals surface area contributed by atoms with Crippen molar-refractivity contribution < 1.29 is 13.2 Å². The Morgan fingerprint density at radius 2 is 2.06 bits per heavy atom. The van der Waals surface area contributed by atoms with Crippen LogP contribution in [0.5, 0.6) is 0 Å². The van der Waals surface area contributed by atoms with Crippen molar-refractivity contribution in [3.8, 4) is 0 Å². The van der Waals surface area contributed by atoms with E-state index in [4.69, 9.17) is 0 Å². The Morgan fingerprint density at radius 3 is 2.84 bits per heavy atom. The van der Waals surface area contributed by atoms with Crippen LogP contribution < -0.4 is 10.6 Å². The Labute approximate surface area is 182 Å². The Kier molecular flexibility index (Phi) is 5.50. The number of carbonyl (C=O) groups excluding carboxylic acids is 1. The molecule has 0 aliphatic rings. The number of nitrogens with zero attached hydrogens (tertiary/aromatic N) is 4. The lowest BCUT2D eigenvalue weighted by molar-refractivity contribution is 0.103. The molecule has 4 aromatic rings. The van der Waals surface area contributed by atoms with E-state index in [2.05, 4.69) is 30.9 Å². The SMILES string of the molecule is Cc1ccc2[nH]ncc2c1NC(=O)c1cnc(Nc2cc(C)n(CCS(C)(=O)=O)n2)s1. The van der Waals surface area contributed by atoms with Crippen molar-refractivity contribution in [1.29, 1.82) is 0 Å². The first-order valence-electron chi connectivity index (χ1n) is 9.39. The summed E-state index contributed by atoms with van der Waals surface area (Å²) in [5.41, 5.74) is 3.30. The third-order valence-electron chi connectivity index (χ3n) is 4.69. The van der Waals surface area contributed by atoms with E-state index in [0.29, 0.717) is 21.5 Å². The van der Waals surface area contributed by atoms with Gasteiger partial charge in [-0.2, -0.15) is 10.2 Å². The van der Waals surface area contributed by atoms with Gasteiger partial charge in [-0.1, -0.05) is 17.4 Å². The van der Waals surface area contributed by atoms with Crippen molar-refractivity contribution in [1.82, 2.24) is 25.0 Å². The molecule has 3 heterocycles. The molecule has 4 rings (SSSR count). The summed E-state index contributed by atoms with van der Waals surface area (Å²) in [6.45, 7) is 4.04. The van der Waals surface area contributed by atoms with E-state index in [-0.39, 0.29) is 18.2 Å². The van der Waals surface area contributed by atoms with Crippen LogP contribution in [0.15, 0.2) is 30.6 Å². The summed E-state index contributed by atoms with van der Waals surface area (Å²) >= 11 is 1.20. The van der Waals surface area contributed by atoms with E-state index in [1.54, 1.807) is 16.9 Å². The normalized spacial score (nSPS) is 11.7. The number of carbonyl (C=O) groups is 1. The second kappa shape index (κ2) is 8.12. The number of aryl methyl sites for hydroxylation is 3. The maximum atomic E-state index is 12.8. The van der Waals surface area contributed by atoms with Crippen molar-refractivity contribution in [2.45, 2.75) is 20.4 Å². The smallest absolute Gasteiger partial charge is 0.267 e. The van der Waals surface area contributed by atoms with Gasteiger partial charge in [0.1, 0.15) is 14.7 Å². The molecule has 3 N–H and O–H groups in total. The van der Waals surface area contributed by atoms with Gasteiger partial charge in [0.2, 0.25) is 0 Å². The minimum absolute atomic E-state index is 0.0133. The van der Waals surface area contributed by atoms with Gasteiger partial charge in [-0.25, -0.2) is 13.4 Å². The van der Waals surface area contributed by atoms with Crippen molar-refractivity contribution in [2.24, 2.45) is 0 Å². The molecule has 0 atom stereocenters. The summed E-state index contributed by atoms with van der Waals surface area (Å²) in [7, 11) is -3.08. The van der Waals surface area contributed by atoms with Crippen LogP contribution in [-0.2, 0) is 16.4 Å². The zero-order valence-electron chi connectivity index (χ0n) is 17.1. The van der Waals surface area contributed by atoms with Crippen LogP contribution in [0.4, 0.5) is 16.6 Å². The van der Waals surface area contributed by atoms with Crippen LogP contribution in [0.2, 0.25) is 0 Å². The third kappa shape index (κ3) is 4.75. The van der Waals surface area contributed by atoms with Gasteiger partial charge >= 0.3 is 0 Å². The molecule has 31 heavy (non-hydrogen) atoms. The monoisotopic (exact) mass is 459 g/mol. The number of amides is 1. The molecule has 0 spiro atoms. The molecule has 1 amide bonds. The second-order valence-electron chi connectivity index (χ2n) is 7.22. The maximum Gasteiger partial charge on any atom is 0.267 e. The van der Waals surface area contributed by atoms with Gasteiger partial charge in [0.15, 0.2) is 10.9 Å². The van der Waals surface area contributed by atoms with Gasteiger partial charge in [0, 0.05) is 23.4 Å². The van der Waals surface area contributed by atoms with E-state index in [9.17, 15) is 13.2 Å². The maximum absolute atomic E-state index is 12.8. The Hall–Kier alpha value is -3.25. The van der Waals surface area contributed by atoms with Crippen molar-refractivity contribution in [3.63, 3.8) is 0 Å². The number of hydrogen-bond donors (Lipinski definition) is 3. The summed E-state index contributed by atoms with van der Waals surface area (Å²) in [6, 6.07) is 5.63. The number of anilines is 3. The quantitative estimate of drug-likeness (QED) is 0.387. The first kappa shape index (κ1) is 21.0. The average Bonchev–Trinajstić information content (AvgIpc) is 3.42. The number of rotatable bonds is 7. The highest BCUT2D eigenvalue weighted by Gasteiger charge is 2.16. The predicted molar refractivity (Wildman–Crippen MR) is 121 cm³/mol. The van der Waals surface area contributed by atoms with E-state index < -0.39 is 9.84 Å². The summed E-state index contributed by atoms with van der Waals surface area (Å²) in [5.74, 6) is 0.280. The fourth-order valence-electron chi connectivity index (χ4n) is 3.06. The molecule has 0 radical (unpaired) electrons. The van der Waals surface area contributed by atoms with E-state index in [0.717, 1.165) is 22.2 Å². The lowest BCUT2D eigenvalue weighted by Crippen LogP contribution is -2.13.